The van der Waals surface area contributed by atoms with Gasteiger partial charge < -0.3 is 14.6 Å². The summed E-state index contributed by atoms with van der Waals surface area (Å²) in [4.78, 5) is 4.86. The standard InChI is InChI=1S/C17H31N3O/c1-5-8-18-11-17-14(2)10-16(21-17)13-20-9-6-7-15(20)12-19(3)4/h10,15,18H,5-9,11-13H2,1-4H3. The number of likely N-dealkylation sites (tertiary alicyclic amines) is 1. The van der Waals surface area contributed by atoms with Crippen LogP contribution in [0.3, 0.4) is 0 Å². The van der Waals surface area contributed by atoms with Crippen LogP contribution in [-0.4, -0.2) is 49.6 Å². The van der Waals surface area contributed by atoms with Gasteiger partial charge in [0.1, 0.15) is 11.5 Å². The van der Waals surface area contributed by atoms with E-state index in [-0.39, 0.29) is 0 Å². The predicted molar refractivity (Wildman–Crippen MR) is 87.4 cm³/mol. The van der Waals surface area contributed by atoms with E-state index in [0.29, 0.717) is 6.04 Å². The molecule has 2 heterocycles. The molecule has 0 aliphatic carbocycles. The van der Waals surface area contributed by atoms with E-state index in [1.54, 1.807) is 0 Å². The summed E-state index contributed by atoms with van der Waals surface area (Å²) in [5, 5.41) is 3.42. The zero-order valence-electron chi connectivity index (χ0n) is 14.1. The van der Waals surface area contributed by atoms with Gasteiger partial charge in [0.15, 0.2) is 0 Å². The molecule has 120 valence electrons. The van der Waals surface area contributed by atoms with Gasteiger partial charge in [-0.2, -0.15) is 0 Å². The van der Waals surface area contributed by atoms with E-state index in [1.165, 1.54) is 24.9 Å². The summed E-state index contributed by atoms with van der Waals surface area (Å²) in [7, 11) is 4.32. The largest absolute Gasteiger partial charge is 0.463 e. The monoisotopic (exact) mass is 293 g/mol. The molecule has 0 radical (unpaired) electrons. The maximum Gasteiger partial charge on any atom is 0.120 e. The minimum Gasteiger partial charge on any atom is -0.463 e. The zero-order valence-corrected chi connectivity index (χ0v) is 14.1. The Morgan fingerprint density at radius 3 is 2.95 bits per heavy atom. The van der Waals surface area contributed by atoms with Crippen molar-refractivity contribution in [3.8, 4) is 0 Å². The molecule has 1 atom stereocenters. The van der Waals surface area contributed by atoms with Gasteiger partial charge in [-0.05, 0) is 65.0 Å². The molecule has 1 aliphatic rings. The smallest absolute Gasteiger partial charge is 0.120 e. The Balaban J connectivity index is 1.91. The minimum absolute atomic E-state index is 0.673. The Labute approximate surface area is 129 Å². The van der Waals surface area contributed by atoms with Crippen LogP contribution >= 0.6 is 0 Å². The molecule has 0 bridgehead atoms. The van der Waals surface area contributed by atoms with Crippen molar-refractivity contribution in [3.05, 3.63) is 23.2 Å². The van der Waals surface area contributed by atoms with E-state index in [4.69, 9.17) is 4.42 Å². The number of hydrogen-bond acceptors (Lipinski definition) is 4. The molecule has 4 nitrogen and oxygen atoms in total. The summed E-state index contributed by atoms with van der Waals surface area (Å²) >= 11 is 0. The average Bonchev–Trinajstić information content (AvgIpc) is 2.98. The van der Waals surface area contributed by atoms with E-state index in [0.717, 1.165) is 44.1 Å². The van der Waals surface area contributed by atoms with Crippen molar-refractivity contribution in [3.63, 3.8) is 0 Å². The van der Waals surface area contributed by atoms with Crippen LogP contribution in [0.2, 0.25) is 0 Å². The molecule has 0 aromatic carbocycles. The fraction of sp³-hybridized carbons (Fsp3) is 0.765. The lowest BCUT2D eigenvalue weighted by Gasteiger charge is -2.26. The van der Waals surface area contributed by atoms with Gasteiger partial charge in [0.05, 0.1) is 13.1 Å². The first kappa shape index (κ1) is 16.5. The highest BCUT2D eigenvalue weighted by molar-refractivity contribution is 5.20. The van der Waals surface area contributed by atoms with Gasteiger partial charge in [0, 0.05) is 12.6 Å². The van der Waals surface area contributed by atoms with Crippen LogP contribution < -0.4 is 5.32 Å². The van der Waals surface area contributed by atoms with Crippen LogP contribution in [0.5, 0.6) is 0 Å². The van der Waals surface area contributed by atoms with E-state index < -0.39 is 0 Å². The zero-order chi connectivity index (χ0) is 15.2. The van der Waals surface area contributed by atoms with Crippen molar-refractivity contribution in [2.45, 2.75) is 52.2 Å². The van der Waals surface area contributed by atoms with Gasteiger partial charge in [-0.1, -0.05) is 6.92 Å². The second-order valence-corrected chi connectivity index (χ2v) is 6.52. The molecule has 1 fully saturated rings. The third kappa shape index (κ3) is 4.83. The summed E-state index contributed by atoms with van der Waals surface area (Å²) < 4.78 is 6.06. The first-order valence-electron chi connectivity index (χ1n) is 8.27. The van der Waals surface area contributed by atoms with Gasteiger partial charge >= 0.3 is 0 Å². The molecule has 0 amide bonds. The fourth-order valence-electron chi connectivity index (χ4n) is 3.15. The highest BCUT2D eigenvalue weighted by Gasteiger charge is 2.25. The predicted octanol–water partition coefficient (Wildman–Crippen LogP) is 2.61. The maximum absolute atomic E-state index is 6.06. The number of likely N-dealkylation sites (N-methyl/N-ethyl adjacent to an activating group) is 1. The Kier molecular flexibility index (Phi) is 6.27. The normalized spacial score (nSPS) is 19.8. The second-order valence-electron chi connectivity index (χ2n) is 6.52. The SMILES string of the molecule is CCCNCc1oc(CN2CCCC2CN(C)C)cc1C. The summed E-state index contributed by atoms with van der Waals surface area (Å²) in [5.41, 5.74) is 1.27. The van der Waals surface area contributed by atoms with Crippen LogP contribution in [-0.2, 0) is 13.1 Å². The van der Waals surface area contributed by atoms with Crippen molar-refractivity contribution in [2.75, 3.05) is 33.7 Å². The van der Waals surface area contributed by atoms with E-state index in [9.17, 15) is 0 Å². The first-order valence-corrected chi connectivity index (χ1v) is 8.27. The van der Waals surface area contributed by atoms with Crippen molar-refractivity contribution < 1.29 is 4.42 Å². The van der Waals surface area contributed by atoms with Crippen LogP contribution in [0.15, 0.2) is 10.5 Å². The topological polar surface area (TPSA) is 31.7 Å². The Morgan fingerprint density at radius 1 is 1.43 bits per heavy atom. The summed E-state index contributed by atoms with van der Waals surface area (Å²) in [5.74, 6) is 2.22. The van der Waals surface area contributed by atoms with Crippen LogP contribution in [0.25, 0.3) is 0 Å². The number of nitrogens with one attached hydrogen (secondary N) is 1. The lowest BCUT2D eigenvalue weighted by molar-refractivity contribution is 0.187. The third-order valence-corrected chi connectivity index (χ3v) is 4.22. The van der Waals surface area contributed by atoms with Crippen LogP contribution in [0.1, 0.15) is 43.3 Å². The highest BCUT2D eigenvalue weighted by Crippen LogP contribution is 2.23. The molecule has 1 aromatic rings. The molecule has 2 rings (SSSR count). The first-order chi connectivity index (χ1) is 10.1. The fourth-order valence-corrected chi connectivity index (χ4v) is 3.15. The third-order valence-electron chi connectivity index (χ3n) is 4.22. The second kappa shape index (κ2) is 7.97. The Morgan fingerprint density at radius 2 is 2.24 bits per heavy atom. The highest BCUT2D eigenvalue weighted by atomic mass is 16.3. The van der Waals surface area contributed by atoms with Crippen molar-refractivity contribution in [2.24, 2.45) is 0 Å². The molecule has 1 aromatic heterocycles. The molecular formula is C17H31N3O. The number of rotatable bonds is 8. The average molecular weight is 293 g/mol. The Bertz CT molecular complexity index is 428. The van der Waals surface area contributed by atoms with Gasteiger partial charge in [-0.15, -0.1) is 0 Å². The maximum atomic E-state index is 6.06. The van der Waals surface area contributed by atoms with Gasteiger partial charge in [0.25, 0.3) is 0 Å². The molecule has 1 saturated heterocycles. The number of nitrogens with zero attached hydrogens (tertiary/aromatic N) is 2. The molecule has 0 saturated carbocycles. The summed E-state index contributed by atoms with van der Waals surface area (Å²) in [6, 6.07) is 2.89. The lowest BCUT2D eigenvalue weighted by atomic mass is 10.2. The van der Waals surface area contributed by atoms with E-state index >= 15 is 0 Å². The molecule has 1 aliphatic heterocycles. The van der Waals surface area contributed by atoms with Gasteiger partial charge in [-0.25, -0.2) is 0 Å². The molecule has 1 N–H and O–H groups in total. The van der Waals surface area contributed by atoms with Crippen molar-refractivity contribution in [1.29, 1.82) is 0 Å². The van der Waals surface area contributed by atoms with Crippen molar-refractivity contribution >= 4 is 0 Å². The van der Waals surface area contributed by atoms with Crippen LogP contribution in [0, 0.1) is 6.92 Å². The Hall–Kier alpha value is -0.840. The summed E-state index contributed by atoms with van der Waals surface area (Å²) in [6.45, 7) is 9.52. The summed E-state index contributed by atoms with van der Waals surface area (Å²) in [6.07, 6.45) is 3.78. The molecular weight excluding hydrogens is 262 g/mol. The van der Waals surface area contributed by atoms with Gasteiger partial charge in [-0.3, -0.25) is 4.90 Å². The molecule has 0 spiro atoms. The van der Waals surface area contributed by atoms with E-state index in [1.807, 2.05) is 0 Å². The van der Waals surface area contributed by atoms with Crippen LogP contribution in [0.4, 0.5) is 0 Å². The minimum atomic E-state index is 0.673. The molecule has 1 unspecified atom stereocenters. The quantitative estimate of drug-likeness (QED) is 0.747. The number of furan rings is 1. The van der Waals surface area contributed by atoms with Crippen molar-refractivity contribution in [1.82, 2.24) is 15.1 Å². The van der Waals surface area contributed by atoms with E-state index in [2.05, 4.69) is 49.1 Å². The van der Waals surface area contributed by atoms with Gasteiger partial charge in [0.2, 0.25) is 0 Å². The number of hydrogen-bond donors (Lipinski definition) is 1. The number of aryl methyl sites for hydroxylation is 1. The lowest BCUT2D eigenvalue weighted by Crippen LogP contribution is -2.36. The molecule has 4 heteroatoms. The molecule has 21 heavy (non-hydrogen) atoms.